The van der Waals surface area contributed by atoms with Crippen LogP contribution in [0.2, 0.25) is 10.0 Å². The second-order valence-corrected chi connectivity index (χ2v) is 7.58. The summed E-state index contributed by atoms with van der Waals surface area (Å²) >= 11 is 12.3. The lowest BCUT2D eigenvalue weighted by atomic mass is 9.95. The zero-order valence-corrected chi connectivity index (χ0v) is 17.8. The molecule has 0 aliphatic carbocycles. The highest BCUT2D eigenvalue weighted by atomic mass is 35.5. The van der Waals surface area contributed by atoms with Crippen LogP contribution in [-0.2, 0) is 9.59 Å². The number of hydrogen-bond donors (Lipinski definition) is 1. The Morgan fingerprint density at radius 2 is 1.84 bits per heavy atom. The van der Waals surface area contributed by atoms with Crippen molar-refractivity contribution in [1.29, 1.82) is 0 Å². The second kappa shape index (κ2) is 8.41. The van der Waals surface area contributed by atoms with Crippen LogP contribution in [0.25, 0.3) is 5.76 Å². The lowest BCUT2D eigenvalue weighted by molar-refractivity contribution is -0.132. The van der Waals surface area contributed by atoms with Crippen molar-refractivity contribution >= 4 is 46.5 Å². The number of amides is 1. The van der Waals surface area contributed by atoms with Gasteiger partial charge in [-0.1, -0.05) is 47.5 Å². The van der Waals surface area contributed by atoms with Crippen LogP contribution in [-0.4, -0.2) is 28.9 Å². The number of aliphatic hydroxyl groups is 1. The minimum atomic E-state index is -0.948. The van der Waals surface area contributed by atoms with E-state index in [1.807, 2.05) is 0 Å². The standard InChI is InChI=1S/C23H16Cl2N2O4/c1-31-15-6-4-5-14(11-15)21(28)19-20(13-8-9-16(24)17(25)12-13)27(23(30)22(19)29)18-7-2-3-10-26-18/h2-12,20,28H,1H3/b21-19+/t20-/m1/s1. The summed E-state index contributed by atoms with van der Waals surface area (Å²) in [5.41, 5.74) is 0.759. The molecule has 2 heterocycles. The molecule has 0 bridgehead atoms. The minimum absolute atomic E-state index is 0.0812. The number of aromatic nitrogens is 1. The predicted octanol–water partition coefficient (Wildman–Crippen LogP) is 5.02. The topological polar surface area (TPSA) is 79.7 Å². The Bertz CT molecular complexity index is 1210. The Kier molecular flexibility index (Phi) is 5.67. The number of Topliss-reactive ketones (excluding diaryl/α,β-unsaturated/α-hetero) is 1. The molecule has 1 atom stereocenters. The van der Waals surface area contributed by atoms with E-state index in [1.165, 1.54) is 18.2 Å². The third-order valence-corrected chi connectivity index (χ3v) is 5.68. The van der Waals surface area contributed by atoms with Crippen molar-refractivity contribution in [1.82, 2.24) is 4.98 Å². The van der Waals surface area contributed by atoms with E-state index in [1.54, 1.807) is 60.7 Å². The molecule has 156 valence electrons. The number of ketones is 1. The van der Waals surface area contributed by atoms with E-state index in [9.17, 15) is 14.7 Å². The average Bonchev–Trinajstić information content (AvgIpc) is 3.06. The molecule has 1 aliphatic heterocycles. The van der Waals surface area contributed by atoms with Gasteiger partial charge in [0.25, 0.3) is 5.78 Å². The van der Waals surface area contributed by atoms with E-state index in [2.05, 4.69) is 4.98 Å². The van der Waals surface area contributed by atoms with Gasteiger partial charge in [-0.2, -0.15) is 0 Å². The first kappa shape index (κ1) is 20.9. The minimum Gasteiger partial charge on any atom is -0.507 e. The number of pyridine rings is 1. The number of aliphatic hydroxyl groups excluding tert-OH is 1. The quantitative estimate of drug-likeness (QED) is 0.340. The molecule has 0 saturated carbocycles. The van der Waals surface area contributed by atoms with Crippen LogP contribution < -0.4 is 9.64 Å². The molecule has 6 nitrogen and oxygen atoms in total. The number of methoxy groups -OCH3 is 1. The molecular formula is C23H16Cl2N2O4. The highest BCUT2D eigenvalue weighted by molar-refractivity contribution is 6.51. The molecule has 0 unspecified atom stereocenters. The van der Waals surface area contributed by atoms with Crippen LogP contribution in [0.15, 0.2) is 72.4 Å². The summed E-state index contributed by atoms with van der Waals surface area (Å²) in [5.74, 6) is -1.20. The Morgan fingerprint density at radius 3 is 2.52 bits per heavy atom. The Morgan fingerprint density at radius 1 is 1.03 bits per heavy atom. The number of anilines is 1. The van der Waals surface area contributed by atoms with Gasteiger partial charge in [-0.3, -0.25) is 14.5 Å². The molecule has 0 spiro atoms. The van der Waals surface area contributed by atoms with Gasteiger partial charge in [-0.25, -0.2) is 4.98 Å². The number of nitrogens with zero attached hydrogens (tertiary/aromatic N) is 2. The van der Waals surface area contributed by atoms with E-state index >= 15 is 0 Å². The van der Waals surface area contributed by atoms with Crippen LogP contribution in [0.1, 0.15) is 17.2 Å². The number of halogens is 2. The van der Waals surface area contributed by atoms with Crippen LogP contribution in [0.3, 0.4) is 0 Å². The first-order valence-electron chi connectivity index (χ1n) is 9.23. The van der Waals surface area contributed by atoms with Gasteiger partial charge in [-0.15, -0.1) is 0 Å². The monoisotopic (exact) mass is 454 g/mol. The van der Waals surface area contributed by atoms with Crippen molar-refractivity contribution in [2.24, 2.45) is 0 Å². The molecule has 4 rings (SSSR count). The van der Waals surface area contributed by atoms with E-state index in [-0.39, 0.29) is 22.2 Å². The van der Waals surface area contributed by atoms with E-state index in [0.717, 1.165) is 0 Å². The normalized spacial score (nSPS) is 17.8. The third-order valence-electron chi connectivity index (χ3n) is 4.94. The van der Waals surface area contributed by atoms with Crippen LogP contribution in [0, 0.1) is 0 Å². The third kappa shape index (κ3) is 3.76. The van der Waals surface area contributed by atoms with Gasteiger partial charge in [-0.05, 0) is 42.0 Å². The maximum Gasteiger partial charge on any atom is 0.301 e. The molecular weight excluding hydrogens is 439 g/mol. The lowest BCUT2D eigenvalue weighted by Crippen LogP contribution is -2.30. The summed E-state index contributed by atoms with van der Waals surface area (Å²) in [5, 5.41) is 11.7. The predicted molar refractivity (Wildman–Crippen MR) is 118 cm³/mol. The molecule has 1 N–H and O–H groups in total. The van der Waals surface area contributed by atoms with Crippen molar-refractivity contribution in [3.05, 3.63) is 93.6 Å². The fraction of sp³-hybridized carbons (Fsp3) is 0.0870. The van der Waals surface area contributed by atoms with E-state index in [0.29, 0.717) is 21.9 Å². The summed E-state index contributed by atoms with van der Waals surface area (Å²) in [6.07, 6.45) is 1.52. The molecule has 8 heteroatoms. The molecule has 1 aromatic heterocycles. The van der Waals surface area contributed by atoms with Gasteiger partial charge in [0.2, 0.25) is 0 Å². The number of carbonyl (C=O) groups is 2. The first-order valence-corrected chi connectivity index (χ1v) is 9.99. The van der Waals surface area contributed by atoms with Crippen LogP contribution in [0.5, 0.6) is 5.75 Å². The fourth-order valence-corrected chi connectivity index (χ4v) is 3.80. The maximum atomic E-state index is 13.1. The van der Waals surface area contributed by atoms with Crippen molar-refractivity contribution in [3.63, 3.8) is 0 Å². The number of hydrogen-bond acceptors (Lipinski definition) is 5. The Balaban J connectivity index is 1.96. The lowest BCUT2D eigenvalue weighted by Gasteiger charge is -2.24. The van der Waals surface area contributed by atoms with Gasteiger partial charge >= 0.3 is 5.91 Å². The highest BCUT2D eigenvalue weighted by Crippen LogP contribution is 2.42. The highest BCUT2D eigenvalue weighted by Gasteiger charge is 2.47. The Labute approximate surface area is 188 Å². The fourth-order valence-electron chi connectivity index (χ4n) is 3.49. The molecule has 1 amide bonds. The van der Waals surface area contributed by atoms with E-state index < -0.39 is 17.7 Å². The zero-order chi connectivity index (χ0) is 22.1. The molecule has 1 fully saturated rings. The molecule has 0 radical (unpaired) electrons. The number of rotatable bonds is 4. The maximum absolute atomic E-state index is 13.1. The molecule has 31 heavy (non-hydrogen) atoms. The van der Waals surface area contributed by atoms with Gasteiger partial charge < -0.3 is 9.84 Å². The first-order chi connectivity index (χ1) is 14.9. The number of benzene rings is 2. The summed E-state index contributed by atoms with van der Waals surface area (Å²) in [4.78, 5) is 31.6. The van der Waals surface area contributed by atoms with Gasteiger partial charge in [0.1, 0.15) is 17.3 Å². The molecule has 3 aromatic rings. The van der Waals surface area contributed by atoms with Gasteiger partial charge in [0.05, 0.1) is 28.8 Å². The largest absolute Gasteiger partial charge is 0.507 e. The van der Waals surface area contributed by atoms with Gasteiger partial charge in [0, 0.05) is 11.8 Å². The summed E-state index contributed by atoms with van der Waals surface area (Å²) in [6, 6.07) is 15.4. The Hall–Kier alpha value is -3.35. The van der Waals surface area contributed by atoms with Crippen LogP contribution in [0.4, 0.5) is 5.82 Å². The molecule has 1 saturated heterocycles. The van der Waals surface area contributed by atoms with Crippen molar-refractivity contribution in [2.45, 2.75) is 6.04 Å². The zero-order valence-electron chi connectivity index (χ0n) is 16.3. The van der Waals surface area contributed by atoms with Crippen LogP contribution >= 0.6 is 23.2 Å². The second-order valence-electron chi connectivity index (χ2n) is 6.76. The molecule has 1 aliphatic rings. The van der Waals surface area contributed by atoms with E-state index in [4.69, 9.17) is 27.9 Å². The van der Waals surface area contributed by atoms with Gasteiger partial charge in [0.15, 0.2) is 0 Å². The number of ether oxygens (including phenoxy) is 1. The smallest absolute Gasteiger partial charge is 0.301 e. The molecule has 2 aromatic carbocycles. The average molecular weight is 455 g/mol. The summed E-state index contributed by atoms with van der Waals surface area (Å²) in [6.45, 7) is 0. The van der Waals surface area contributed by atoms with Crippen molar-refractivity contribution in [3.8, 4) is 5.75 Å². The van der Waals surface area contributed by atoms with Crippen molar-refractivity contribution in [2.75, 3.05) is 12.0 Å². The summed E-state index contributed by atoms with van der Waals surface area (Å²) < 4.78 is 5.21. The summed E-state index contributed by atoms with van der Waals surface area (Å²) in [7, 11) is 1.49. The SMILES string of the molecule is COc1cccc(/C(O)=C2\C(=O)C(=O)N(c3ccccn3)[C@@H]2c2ccc(Cl)c(Cl)c2)c1. The van der Waals surface area contributed by atoms with Crippen molar-refractivity contribution < 1.29 is 19.4 Å². The number of carbonyl (C=O) groups excluding carboxylic acids is 2.